The van der Waals surface area contributed by atoms with Crippen LogP contribution in [0.25, 0.3) is 0 Å². The molecule has 0 heterocycles. The van der Waals surface area contributed by atoms with Crippen molar-refractivity contribution in [1.82, 2.24) is 5.32 Å². The van der Waals surface area contributed by atoms with E-state index in [0.717, 1.165) is 12.3 Å². The fraction of sp³-hybridized carbons (Fsp3) is 0.538. The van der Waals surface area contributed by atoms with Crippen LogP contribution in [-0.4, -0.2) is 26.2 Å². The molecule has 0 aliphatic heterocycles. The third-order valence-electron chi connectivity index (χ3n) is 2.44. The lowest BCUT2D eigenvalue weighted by atomic mass is 9.99. The van der Waals surface area contributed by atoms with E-state index in [1.807, 2.05) is 33.0 Å². The molecule has 0 bridgehead atoms. The Labute approximate surface area is 98.0 Å². The standard InChI is InChI=1S/C13H22N2O/c1-10(2)16-13-6-4-5-11(7-13)12(8-14)9-15-3/h4-7,10,12,15H,8-9,14H2,1-3H3. The van der Waals surface area contributed by atoms with Crippen LogP contribution >= 0.6 is 0 Å². The second-order valence-corrected chi connectivity index (χ2v) is 4.23. The van der Waals surface area contributed by atoms with Gasteiger partial charge in [-0.1, -0.05) is 12.1 Å². The lowest BCUT2D eigenvalue weighted by molar-refractivity contribution is 0.242. The van der Waals surface area contributed by atoms with E-state index in [9.17, 15) is 0 Å². The van der Waals surface area contributed by atoms with Gasteiger partial charge in [0.1, 0.15) is 5.75 Å². The van der Waals surface area contributed by atoms with Gasteiger partial charge in [0.25, 0.3) is 0 Å². The van der Waals surface area contributed by atoms with Gasteiger partial charge in [-0.25, -0.2) is 0 Å². The van der Waals surface area contributed by atoms with Crippen molar-refractivity contribution in [2.24, 2.45) is 5.73 Å². The summed E-state index contributed by atoms with van der Waals surface area (Å²) in [6.45, 7) is 5.59. The molecule has 3 nitrogen and oxygen atoms in total. The molecular formula is C13H22N2O. The van der Waals surface area contributed by atoms with Crippen molar-refractivity contribution in [3.63, 3.8) is 0 Å². The first-order valence-electron chi connectivity index (χ1n) is 5.78. The summed E-state index contributed by atoms with van der Waals surface area (Å²) >= 11 is 0. The Balaban J connectivity index is 2.79. The van der Waals surface area contributed by atoms with E-state index in [0.29, 0.717) is 12.5 Å². The van der Waals surface area contributed by atoms with Gasteiger partial charge in [0.2, 0.25) is 0 Å². The molecule has 0 aliphatic carbocycles. The Kier molecular flexibility index (Phi) is 5.29. The van der Waals surface area contributed by atoms with Gasteiger partial charge in [0.05, 0.1) is 6.10 Å². The number of hydrogen-bond acceptors (Lipinski definition) is 3. The summed E-state index contributed by atoms with van der Waals surface area (Å²) in [6.07, 6.45) is 0.205. The van der Waals surface area contributed by atoms with E-state index in [-0.39, 0.29) is 6.10 Å². The van der Waals surface area contributed by atoms with Crippen molar-refractivity contribution in [1.29, 1.82) is 0 Å². The molecule has 1 atom stereocenters. The maximum absolute atomic E-state index is 5.76. The van der Waals surface area contributed by atoms with Gasteiger partial charge in [-0.05, 0) is 38.6 Å². The van der Waals surface area contributed by atoms with Crippen LogP contribution in [0.15, 0.2) is 24.3 Å². The molecule has 3 heteroatoms. The van der Waals surface area contributed by atoms with E-state index in [1.165, 1.54) is 5.56 Å². The normalized spacial score (nSPS) is 12.8. The topological polar surface area (TPSA) is 47.3 Å². The number of ether oxygens (including phenoxy) is 1. The van der Waals surface area contributed by atoms with Gasteiger partial charge < -0.3 is 15.8 Å². The molecule has 3 N–H and O–H groups in total. The highest BCUT2D eigenvalue weighted by Crippen LogP contribution is 2.20. The number of rotatable bonds is 6. The predicted octanol–water partition coefficient (Wildman–Crippen LogP) is 1.74. The predicted molar refractivity (Wildman–Crippen MR) is 67.9 cm³/mol. The van der Waals surface area contributed by atoms with E-state index in [4.69, 9.17) is 10.5 Å². The van der Waals surface area contributed by atoms with Crippen molar-refractivity contribution in [3.8, 4) is 5.75 Å². The SMILES string of the molecule is CNCC(CN)c1cccc(OC(C)C)c1. The number of benzene rings is 1. The minimum Gasteiger partial charge on any atom is -0.491 e. The summed E-state index contributed by atoms with van der Waals surface area (Å²) in [5.74, 6) is 1.27. The molecule has 1 aromatic rings. The van der Waals surface area contributed by atoms with Gasteiger partial charge in [-0.3, -0.25) is 0 Å². The van der Waals surface area contributed by atoms with E-state index < -0.39 is 0 Å². The molecular weight excluding hydrogens is 200 g/mol. The summed E-state index contributed by atoms with van der Waals surface area (Å²) in [5, 5.41) is 3.16. The Morgan fingerprint density at radius 1 is 1.38 bits per heavy atom. The zero-order valence-corrected chi connectivity index (χ0v) is 10.4. The lowest BCUT2D eigenvalue weighted by Crippen LogP contribution is -2.24. The molecule has 0 aliphatic rings. The lowest BCUT2D eigenvalue weighted by Gasteiger charge is -2.16. The van der Waals surface area contributed by atoms with Crippen molar-refractivity contribution < 1.29 is 4.74 Å². The third-order valence-corrected chi connectivity index (χ3v) is 2.44. The van der Waals surface area contributed by atoms with Crippen LogP contribution in [0.3, 0.4) is 0 Å². The van der Waals surface area contributed by atoms with Crippen LogP contribution in [0.2, 0.25) is 0 Å². The Hall–Kier alpha value is -1.06. The summed E-state index contributed by atoms with van der Waals surface area (Å²) in [4.78, 5) is 0. The third kappa shape index (κ3) is 3.83. The largest absolute Gasteiger partial charge is 0.491 e. The molecule has 0 saturated carbocycles. The van der Waals surface area contributed by atoms with Gasteiger partial charge >= 0.3 is 0 Å². The van der Waals surface area contributed by atoms with E-state index in [2.05, 4.69) is 17.4 Å². The Morgan fingerprint density at radius 2 is 2.12 bits per heavy atom. The second kappa shape index (κ2) is 6.51. The highest BCUT2D eigenvalue weighted by molar-refractivity contribution is 5.31. The maximum Gasteiger partial charge on any atom is 0.119 e. The zero-order chi connectivity index (χ0) is 12.0. The molecule has 1 aromatic carbocycles. The molecule has 0 aromatic heterocycles. The molecule has 0 fully saturated rings. The second-order valence-electron chi connectivity index (χ2n) is 4.23. The zero-order valence-electron chi connectivity index (χ0n) is 10.4. The molecule has 0 amide bonds. The van der Waals surface area contributed by atoms with Crippen LogP contribution in [-0.2, 0) is 0 Å². The molecule has 0 radical (unpaired) electrons. The minimum atomic E-state index is 0.205. The summed E-state index contributed by atoms with van der Waals surface area (Å²) in [5.41, 5.74) is 6.99. The Bertz CT molecular complexity index is 313. The monoisotopic (exact) mass is 222 g/mol. The van der Waals surface area contributed by atoms with Crippen LogP contribution in [0.1, 0.15) is 25.3 Å². The summed E-state index contributed by atoms with van der Waals surface area (Å²) in [6, 6.07) is 8.18. The highest BCUT2D eigenvalue weighted by Gasteiger charge is 2.09. The number of hydrogen-bond donors (Lipinski definition) is 2. The first-order chi connectivity index (χ1) is 7.67. The van der Waals surface area contributed by atoms with Crippen LogP contribution in [0.4, 0.5) is 0 Å². The number of likely N-dealkylation sites (N-methyl/N-ethyl adjacent to an activating group) is 1. The van der Waals surface area contributed by atoms with Gasteiger partial charge in [-0.15, -0.1) is 0 Å². The number of nitrogens with two attached hydrogens (primary N) is 1. The van der Waals surface area contributed by atoms with Crippen molar-refractivity contribution in [3.05, 3.63) is 29.8 Å². The average molecular weight is 222 g/mol. The molecule has 1 unspecified atom stereocenters. The summed E-state index contributed by atoms with van der Waals surface area (Å²) in [7, 11) is 1.94. The quantitative estimate of drug-likeness (QED) is 0.770. The number of nitrogens with one attached hydrogen (secondary N) is 1. The van der Waals surface area contributed by atoms with E-state index >= 15 is 0 Å². The first kappa shape index (κ1) is 13.0. The van der Waals surface area contributed by atoms with Crippen LogP contribution in [0, 0.1) is 0 Å². The maximum atomic E-state index is 5.76. The van der Waals surface area contributed by atoms with Crippen molar-refractivity contribution >= 4 is 0 Å². The smallest absolute Gasteiger partial charge is 0.119 e. The van der Waals surface area contributed by atoms with Crippen LogP contribution in [0.5, 0.6) is 5.75 Å². The van der Waals surface area contributed by atoms with Crippen LogP contribution < -0.4 is 15.8 Å². The van der Waals surface area contributed by atoms with Gasteiger partial charge in [0.15, 0.2) is 0 Å². The van der Waals surface area contributed by atoms with Crippen molar-refractivity contribution in [2.45, 2.75) is 25.9 Å². The summed E-state index contributed by atoms with van der Waals surface area (Å²) < 4.78 is 5.67. The molecule has 0 saturated heterocycles. The molecule has 16 heavy (non-hydrogen) atoms. The minimum absolute atomic E-state index is 0.205. The molecule has 1 rings (SSSR count). The molecule has 90 valence electrons. The van der Waals surface area contributed by atoms with Gasteiger partial charge in [0, 0.05) is 19.0 Å². The van der Waals surface area contributed by atoms with Crippen molar-refractivity contribution in [2.75, 3.05) is 20.1 Å². The first-order valence-corrected chi connectivity index (χ1v) is 5.78. The Morgan fingerprint density at radius 3 is 2.69 bits per heavy atom. The fourth-order valence-corrected chi connectivity index (χ4v) is 1.70. The fourth-order valence-electron chi connectivity index (χ4n) is 1.70. The van der Waals surface area contributed by atoms with E-state index in [1.54, 1.807) is 0 Å². The highest BCUT2D eigenvalue weighted by atomic mass is 16.5. The average Bonchev–Trinajstić information content (AvgIpc) is 2.25. The van der Waals surface area contributed by atoms with Gasteiger partial charge in [-0.2, -0.15) is 0 Å². The molecule has 0 spiro atoms.